The molecule has 0 aromatic heterocycles. The van der Waals surface area contributed by atoms with E-state index in [9.17, 15) is 4.79 Å². The smallest absolute Gasteiger partial charge is 0.333 e. The van der Waals surface area contributed by atoms with E-state index in [-0.39, 0.29) is 5.97 Å². The van der Waals surface area contributed by atoms with Crippen molar-refractivity contribution in [1.82, 2.24) is 5.06 Å². The molecule has 0 aliphatic rings. The number of esters is 1. The van der Waals surface area contributed by atoms with Crippen LogP contribution in [0.5, 0.6) is 0 Å². The van der Waals surface area contributed by atoms with Crippen molar-refractivity contribution in [3.63, 3.8) is 0 Å². The molecule has 0 atom stereocenters. The average molecular weight is 229 g/mol. The van der Waals surface area contributed by atoms with E-state index in [0.29, 0.717) is 18.6 Å². The van der Waals surface area contributed by atoms with Crippen molar-refractivity contribution in [2.24, 2.45) is 0 Å². The Morgan fingerprint density at radius 1 is 1.44 bits per heavy atom. The molecule has 0 rings (SSSR count). The molecule has 0 fully saturated rings. The fourth-order valence-electron chi connectivity index (χ4n) is 0.928. The molecule has 0 N–H and O–H groups in total. The van der Waals surface area contributed by atoms with E-state index in [1.165, 1.54) is 0 Å². The topological polar surface area (TPSA) is 38.8 Å². The molecule has 0 aromatic carbocycles. The summed E-state index contributed by atoms with van der Waals surface area (Å²) in [5, 5.41) is 1.75. The summed E-state index contributed by atoms with van der Waals surface area (Å²) in [5.74, 6) is -0.353. The monoisotopic (exact) mass is 229 g/mol. The Labute approximate surface area is 98.2 Å². The number of ether oxygens (including phenoxy) is 1. The van der Waals surface area contributed by atoms with Gasteiger partial charge in [0.2, 0.25) is 0 Å². The van der Waals surface area contributed by atoms with Gasteiger partial charge in [0.05, 0.1) is 6.61 Å². The Kier molecular flexibility index (Phi) is 6.29. The molecule has 0 spiro atoms. The highest BCUT2D eigenvalue weighted by Crippen LogP contribution is 2.16. The lowest BCUT2D eigenvalue weighted by molar-refractivity contribution is -0.165. The van der Waals surface area contributed by atoms with Crippen molar-refractivity contribution >= 4 is 5.97 Å². The number of hydroxylamine groups is 2. The van der Waals surface area contributed by atoms with Gasteiger partial charge in [0, 0.05) is 25.6 Å². The molecule has 16 heavy (non-hydrogen) atoms. The zero-order valence-corrected chi connectivity index (χ0v) is 11.0. The minimum Gasteiger partial charge on any atom is -0.456 e. The summed E-state index contributed by atoms with van der Waals surface area (Å²) in [6.07, 6.45) is 0.649. The third-order valence-corrected chi connectivity index (χ3v) is 2.18. The molecule has 0 aromatic rings. The highest BCUT2D eigenvalue weighted by Gasteiger charge is 2.23. The van der Waals surface area contributed by atoms with Crippen LogP contribution in [0.4, 0.5) is 0 Å². The Morgan fingerprint density at radius 3 is 2.44 bits per heavy atom. The fourth-order valence-corrected chi connectivity index (χ4v) is 0.928. The van der Waals surface area contributed by atoms with Crippen LogP contribution in [0.2, 0.25) is 0 Å². The van der Waals surface area contributed by atoms with Gasteiger partial charge < -0.3 is 4.74 Å². The molecular weight excluding hydrogens is 206 g/mol. The zero-order chi connectivity index (χ0) is 12.8. The van der Waals surface area contributed by atoms with Crippen molar-refractivity contribution in [3.8, 4) is 0 Å². The zero-order valence-electron chi connectivity index (χ0n) is 11.0. The van der Waals surface area contributed by atoms with Gasteiger partial charge in [-0.15, -0.1) is 0 Å². The second kappa shape index (κ2) is 6.66. The van der Waals surface area contributed by atoms with Crippen LogP contribution < -0.4 is 0 Å². The number of hydrogen-bond acceptors (Lipinski definition) is 4. The molecule has 0 saturated carbocycles. The predicted molar refractivity (Wildman–Crippen MR) is 63.9 cm³/mol. The lowest BCUT2D eigenvalue weighted by Crippen LogP contribution is -2.31. The van der Waals surface area contributed by atoms with E-state index in [4.69, 9.17) is 9.57 Å². The van der Waals surface area contributed by atoms with Gasteiger partial charge in [0.15, 0.2) is 0 Å². The third kappa shape index (κ3) is 6.58. The Morgan fingerprint density at radius 2 is 2.00 bits per heavy atom. The molecule has 94 valence electrons. The van der Waals surface area contributed by atoms with Crippen LogP contribution in [0.25, 0.3) is 0 Å². The molecule has 0 aliphatic carbocycles. The molecular formula is C12H23NO3. The fraction of sp³-hybridized carbons (Fsp3) is 0.750. The molecule has 4 heteroatoms. The number of carbonyl (C=O) groups is 1. The summed E-state index contributed by atoms with van der Waals surface area (Å²) in [7, 11) is 1.87. The van der Waals surface area contributed by atoms with Gasteiger partial charge in [-0.25, -0.2) is 4.79 Å². The van der Waals surface area contributed by atoms with Crippen LogP contribution in [0.15, 0.2) is 12.2 Å². The summed E-state index contributed by atoms with van der Waals surface area (Å²) in [6, 6.07) is 0. The SMILES string of the molecule is C=C(C)C(=O)OC(C)(C)CCON(C)CC. The molecule has 0 aliphatic heterocycles. The minimum atomic E-state index is -0.523. The maximum Gasteiger partial charge on any atom is 0.333 e. The van der Waals surface area contributed by atoms with E-state index >= 15 is 0 Å². The number of nitrogens with zero attached hydrogens (tertiary/aromatic N) is 1. The first-order chi connectivity index (χ1) is 7.28. The lowest BCUT2D eigenvalue weighted by Gasteiger charge is -2.26. The summed E-state index contributed by atoms with van der Waals surface area (Å²) >= 11 is 0. The number of carbonyl (C=O) groups excluding carboxylic acids is 1. The van der Waals surface area contributed by atoms with E-state index in [2.05, 4.69) is 6.58 Å². The second-order valence-corrected chi connectivity index (χ2v) is 4.46. The number of rotatable bonds is 7. The summed E-state index contributed by atoms with van der Waals surface area (Å²) in [5.41, 5.74) is -0.107. The molecule has 0 unspecified atom stereocenters. The van der Waals surface area contributed by atoms with Gasteiger partial charge in [0.1, 0.15) is 5.60 Å². The van der Waals surface area contributed by atoms with E-state index in [1.54, 1.807) is 12.0 Å². The van der Waals surface area contributed by atoms with Gasteiger partial charge in [-0.1, -0.05) is 13.5 Å². The third-order valence-electron chi connectivity index (χ3n) is 2.18. The highest BCUT2D eigenvalue weighted by molar-refractivity contribution is 5.87. The Hall–Kier alpha value is -0.870. The lowest BCUT2D eigenvalue weighted by atomic mass is 10.1. The first-order valence-electron chi connectivity index (χ1n) is 5.51. The highest BCUT2D eigenvalue weighted by atomic mass is 16.7. The molecule has 0 radical (unpaired) electrons. The standard InChI is InChI=1S/C12H23NO3/c1-7-13(6)15-9-8-12(4,5)16-11(14)10(2)3/h2,7-9H2,1,3-6H3. The first kappa shape index (κ1) is 15.1. The van der Waals surface area contributed by atoms with Crippen LogP contribution in [-0.2, 0) is 14.4 Å². The van der Waals surface area contributed by atoms with Gasteiger partial charge >= 0.3 is 5.97 Å². The van der Waals surface area contributed by atoms with E-state index < -0.39 is 5.60 Å². The predicted octanol–water partition coefficient (Wildman–Crippen LogP) is 2.16. The van der Waals surface area contributed by atoms with E-state index in [0.717, 1.165) is 6.54 Å². The van der Waals surface area contributed by atoms with Crippen molar-refractivity contribution in [3.05, 3.63) is 12.2 Å². The minimum absolute atomic E-state index is 0.353. The van der Waals surface area contributed by atoms with Crippen molar-refractivity contribution in [2.45, 2.75) is 39.7 Å². The quantitative estimate of drug-likeness (QED) is 0.381. The van der Waals surface area contributed by atoms with Crippen LogP contribution in [0, 0.1) is 0 Å². The van der Waals surface area contributed by atoms with Gasteiger partial charge in [0.25, 0.3) is 0 Å². The molecule has 0 bridgehead atoms. The maximum atomic E-state index is 11.3. The van der Waals surface area contributed by atoms with Crippen LogP contribution >= 0.6 is 0 Å². The summed E-state index contributed by atoms with van der Waals surface area (Å²) in [4.78, 5) is 16.7. The average Bonchev–Trinajstić information content (AvgIpc) is 2.16. The van der Waals surface area contributed by atoms with Crippen molar-refractivity contribution < 1.29 is 14.4 Å². The number of hydrogen-bond donors (Lipinski definition) is 0. The molecule has 0 amide bonds. The van der Waals surface area contributed by atoms with Crippen molar-refractivity contribution in [2.75, 3.05) is 20.2 Å². The molecule has 4 nitrogen and oxygen atoms in total. The molecule has 0 heterocycles. The summed E-state index contributed by atoms with van der Waals surface area (Å²) in [6.45, 7) is 12.3. The second-order valence-electron chi connectivity index (χ2n) is 4.46. The molecule has 0 saturated heterocycles. The van der Waals surface area contributed by atoms with Crippen molar-refractivity contribution in [1.29, 1.82) is 0 Å². The first-order valence-corrected chi connectivity index (χ1v) is 5.51. The van der Waals surface area contributed by atoms with Gasteiger partial charge in [-0.2, -0.15) is 5.06 Å². The summed E-state index contributed by atoms with van der Waals surface area (Å²) < 4.78 is 5.28. The largest absolute Gasteiger partial charge is 0.456 e. The normalized spacial score (nSPS) is 11.6. The maximum absolute atomic E-state index is 11.3. The van der Waals surface area contributed by atoms with Crippen LogP contribution in [0.1, 0.15) is 34.1 Å². The Balaban J connectivity index is 3.96. The van der Waals surface area contributed by atoms with Gasteiger partial charge in [-0.3, -0.25) is 4.84 Å². The van der Waals surface area contributed by atoms with E-state index in [1.807, 2.05) is 27.8 Å². The van der Waals surface area contributed by atoms with Crippen LogP contribution in [-0.4, -0.2) is 36.8 Å². The van der Waals surface area contributed by atoms with Crippen LogP contribution in [0.3, 0.4) is 0 Å². The van der Waals surface area contributed by atoms with Gasteiger partial charge in [-0.05, 0) is 20.8 Å². The Bertz CT molecular complexity index is 249.